The summed E-state index contributed by atoms with van der Waals surface area (Å²) in [5, 5.41) is 2.01. The second-order valence-corrected chi connectivity index (χ2v) is 1.26. The summed E-state index contributed by atoms with van der Waals surface area (Å²) in [4.78, 5) is 23.3. The molecule has 1 heterocycles. The van der Waals surface area contributed by atoms with Crippen LogP contribution in [-0.4, -0.2) is 17.8 Å². The Hall–Kier alpha value is -1.39. The fraction of sp³-hybridized carbons (Fsp3) is 0. The second kappa shape index (κ2) is 1.29. The number of nitrogens with two attached hydrogens (primary N) is 1. The fourth-order valence-electron chi connectivity index (χ4n) is 0.358. The quantitative estimate of drug-likeness (QED) is 0.355. The lowest BCUT2D eigenvalue weighted by molar-refractivity contribution is -0.135. The van der Waals surface area contributed by atoms with Gasteiger partial charge in [0, 0.05) is 0 Å². The number of nitrogens with zero attached hydrogens (tertiary/aromatic N) is 1. The van der Waals surface area contributed by atoms with Gasteiger partial charge >= 0.3 is 11.8 Å². The second-order valence-electron chi connectivity index (χ2n) is 1.26. The summed E-state index contributed by atoms with van der Waals surface area (Å²) >= 11 is 0. The molecule has 0 unspecified atom stereocenters. The van der Waals surface area contributed by atoms with E-state index in [1.807, 2.05) is 5.32 Å². The fourth-order valence-corrected chi connectivity index (χ4v) is 0.358. The average Bonchev–Trinajstić information content (AvgIpc) is 1.85. The van der Waals surface area contributed by atoms with Gasteiger partial charge in [0.1, 0.15) is 0 Å². The zero-order valence-electron chi connectivity index (χ0n) is 3.84. The monoisotopic (exact) mass is 113 g/mol. The van der Waals surface area contributed by atoms with Crippen molar-refractivity contribution < 1.29 is 9.59 Å². The largest absolute Gasteiger partial charge is 0.369 e. The highest BCUT2D eigenvalue weighted by atomic mass is 16.2. The van der Waals surface area contributed by atoms with Crippen molar-refractivity contribution in [3.63, 3.8) is 0 Å². The van der Waals surface area contributed by atoms with Gasteiger partial charge in [-0.05, 0) is 0 Å². The summed E-state index contributed by atoms with van der Waals surface area (Å²) in [7, 11) is 0. The van der Waals surface area contributed by atoms with E-state index in [0.29, 0.717) is 0 Å². The molecule has 1 rings (SSSR count). The first kappa shape index (κ1) is 4.76. The maximum absolute atomic E-state index is 10.1. The highest BCUT2D eigenvalue weighted by Crippen LogP contribution is 1.82. The summed E-state index contributed by atoms with van der Waals surface area (Å²) in [6.07, 6.45) is 0. The minimum absolute atomic E-state index is 0.125. The Morgan fingerprint density at radius 1 is 1.50 bits per heavy atom. The molecule has 3 N–H and O–H groups in total. The Balaban J connectivity index is 2.85. The van der Waals surface area contributed by atoms with E-state index >= 15 is 0 Å². The van der Waals surface area contributed by atoms with Crippen LogP contribution in [0.4, 0.5) is 0 Å². The van der Waals surface area contributed by atoms with Gasteiger partial charge in [0.2, 0.25) is 5.96 Å². The highest BCUT2D eigenvalue weighted by Gasteiger charge is 2.20. The minimum atomic E-state index is -0.831. The van der Waals surface area contributed by atoms with Crippen molar-refractivity contribution in [2.24, 2.45) is 10.7 Å². The third-order valence-corrected chi connectivity index (χ3v) is 0.658. The van der Waals surface area contributed by atoms with Gasteiger partial charge in [0.15, 0.2) is 0 Å². The van der Waals surface area contributed by atoms with Gasteiger partial charge in [-0.15, -0.1) is 0 Å². The van der Waals surface area contributed by atoms with Gasteiger partial charge in [0.25, 0.3) is 0 Å². The number of hydrogen-bond acceptors (Lipinski definition) is 3. The molecule has 5 nitrogen and oxygen atoms in total. The van der Waals surface area contributed by atoms with Crippen molar-refractivity contribution in [3.8, 4) is 0 Å². The molecule has 0 radical (unpaired) electrons. The minimum Gasteiger partial charge on any atom is -0.369 e. The molecule has 1 aliphatic heterocycles. The van der Waals surface area contributed by atoms with Crippen molar-refractivity contribution in [2.45, 2.75) is 0 Å². The van der Waals surface area contributed by atoms with Gasteiger partial charge in [-0.25, -0.2) is 0 Å². The smallest absolute Gasteiger partial charge is 0.338 e. The van der Waals surface area contributed by atoms with Gasteiger partial charge in [-0.2, -0.15) is 4.99 Å². The molecule has 42 valence electrons. The van der Waals surface area contributed by atoms with Crippen LogP contribution >= 0.6 is 0 Å². The first-order valence-corrected chi connectivity index (χ1v) is 1.89. The van der Waals surface area contributed by atoms with Crippen LogP contribution in [0.15, 0.2) is 4.99 Å². The summed E-state index contributed by atoms with van der Waals surface area (Å²) < 4.78 is 0. The lowest BCUT2D eigenvalue weighted by Gasteiger charge is -1.83. The molecule has 0 bridgehead atoms. The standard InChI is InChI=1S/C3H3N3O2/c4-3-5-1(7)2(8)6-3/h(H3,4,5,6,7,8). The van der Waals surface area contributed by atoms with Crippen LogP contribution in [0.5, 0.6) is 0 Å². The van der Waals surface area contributed by atoms with Crippen LogP contribution in [0, 0.1) is 0 Å². The molecule has 0 atom stereocenters. The highest BCUT2D eigenvalue weighted by molar-refractivity contribution is 6.43. The van der Waals surface area contributed by atoms with Crippen LogP contribution in [0.2, 0.25) is 0 Å². The Bertz CT molecular complexity index is 183. The molecule has 8 heavy (non-hydrogen) atoms. The number of aliphatic imine (C=N–C) groups is 1. The Kier molecular flexibility index (Phi) is 0.768. The summed E-state index contributed by atoms with van der Waals surface area (Å²) in [5.41, 5.74) is 4.91. The third kappa shape index (κ3) is 0.534. The predicted octanol–water partition coefficient (Wildman–Crippen LogP) is -2.04. The first-order valence-electron chi connectivity index (χ1n) is 1.89. The average molecular weight is 113 g/mol. The zero-order chi connectivity index (χ0) is 6.15. The Morgan fingerprint density at radius 3 is 2.25 bits per heavy atom. The van der Waals surface area contributed by atoms with Crippen molar-refractivity contribution in [1.82, 2.24) is 5.32 Å². The zero-order valence-corrected chi connectivity index (χ0v) is 3.84. The molecule has 0 fully saturated rings. The van der Waals surface area contributed by atoms with Crippen LogP contribution in [0.3, 0.4) is 0 Å². The predicted molar refractivity (Wildman–Crippen MR) is 24.8 cm³/mol. The number of carbonyl (C=O) groups is 2. The number of hydrogen-bond donors (Lipinski definition) is 2. The van der Waals surface area contributed by atoms with Crippen molar-refractivity contribution in [2.75, 3.05) is 0 Å². The van der Waals surface area contributed by atoms with Crippen molar-refractivity contribution >= 4 is 17.8 Å². The number of nitrogens with one attached hydrogen (secondary N) is 1. The molecule has 5 heteroatoms. The van der Waals surface area contributed by atoms with Crippen LogP contribution in [0.1, 0.15) is 0 Å². The molecule has 0 saturated carbocycles. The molecule has 0 spiro atoms. The number of carbonyl (C=O) groups excluding carboxylic acids is 2. The molecule has 0 saturated heterocycles. The summed E-state index contributed by atoms with van der Waals surface area (Å²) in [5.74, 6) is -1.72. The normalized spacial score (nSPS) is 18.2. The van der Waals surface area contributed by atoms with Gasteiger partial charge in [-0.1, -0.05) is 0 Å². The van der Waals surface area contributed by atoms with E-state index in [1.165, 1.54) is 0 Å². The topological polar surface area (TPSA) is 84.5 Å². The van der Waals surface area contributed by atoms with E-state index in [2.05, 4.69) is 4.99 Å². The molecule has 0 aromatic heterocycles. The lowest BCUT2D eigenvalue weighted by Crippen LogP contribution is -2.31. The Morgan fingerprint density at radius 2 is 2.12 bits per heavy atom. The van der Waals surface area contributed by atoms with Crippen molar-refractivity contribution in [1.29, 1.82) is 0 Å². The Labute approximate surface area is 44.6 Å². The first-order chi connectivity index (χ1) is 3.70. The van der Waals surface area contributed by atoms with Crippen LogP contribution < -0.4 is 11.1 Å². The van der Waals surface area contributed by atoms with E-state index in [0.717, 1.165) is 0 Å². The van der Waals surface area contributed by atoms with Gasteiger partial charge in [0.05, 0.1) is 0 Å². The molecule has 2 amide bonds. The maximum atomic E-state index is 10.1. The summed E-state index contributed by atoms with van der Waals surface area (Å²) in [6.45, 7) is 0. The lowest BCUT2D eigenvalue weighted by atomic mass is 10.6. The third-order valence-electron chi connectivity index (χ3n) is 0.658. The molecule has 1 aliphatic rings. The van der Waals surface area contributed by atoms with E-state index < -0.39 is 11.8 Å². The molecule has 0 aromatic carbocycles. The molecule has 0 aliphatic carbocycles. The maximum Gasteiger partial charge on any atom is 0.338 e. The molecular formula is C3H3N3O2. The van der Waals surface area contributed by atoms with Crippen molar-refractivity contribution in [3.05, 3.63) is 0 Å². The van der Waals surface area contributed by atoms with Crippen LogP contribution in [-0.2, 0) is 9.59 Å². The van der Waals surface area contributed by atoms with Gasteiger partial charge < -0.3 is 5.73 Å². The number of guanidine groups is 1. The summed E-state index contributed by atoms with van der Waals surface area (Å²) in [6, 6.07) is 0. The number of amides is 2. The van der Waals surface area contributed by atoms with E-state index in [1.54, 1.807) is 0 Å². The van der Waals surface area contributed by atoms with E-state index in [4.69, 9.17) is 5.73 Å². The van der Waals surface area contributed by atoms with E-state index in [-0.39, 0.29) is 5.96 Å². The molecular weight excluding hydrogens is 110 g/mol. The number of rotatable bonds is 0. The van der Waals surface area contributed by atoms with Crippen LogP contribution in [0.25, 0.3) is 0 Å². The SMILES string of the molecule is NC1=NC(=O)C(=O)N1. The molecule has 0 aromatic rings. The van der Waals surface area contributed by atoms with E-state index in [9.17, 15) is 9.59 Å². The van der Waals surface area contributed by atoms with Gasteiger partial charge in [-0.3, -0.25) is 14.9 Å².